The van der Waals surface area contributed by atoms with Gasteiger partial charge in [0.25, 0.3) is 5.91 Å². The van der Waals surface area contributed by atoms with E-state index >= 15 is 0 Å². The first kappa shape index (κ1) is 20.5. The van der Waals surface area contributed by atoms with E-state index in [1.54, 1.807) is 36.0 Å². The molecule has 4 nitrogen and oxygen atoms in total. The number of benzene rings is 3. The van der Waals surface area contributed by atoms with E-state index in [-0.39, 0.29) is 17.2 Å². The van der Waals surface area contributed by atoms with Crippen molar-refractivity contribution in [2.75, 3.05) is 16.0 Å². The summed E-state index contributed by atoms with van der Waals surface area (Å²) in [4.78, 5) is 27.1. The highest BCUT2D eigenvalue weighted by Gasteiger charge is 2.34. The molecule has 1 aliphatic heterocycles. The largest absolute Gasteiger partial charge is 0.322 e. The summed E-state index contributed by atoms with van der Waals surface area (Å²) in [6, 6.07) is 20.6. The SMILES string of the molecule is Cc1ccc(N2C(=O)CSC2c2cccc(NC(=O)c3ccccc3Cl)c2)cc1C. The van der Waals surface area contributed by atoms with Crippen molar-refractivity contribution in [3.05, 3.63) is 94.0 Å². The third kappa shape index (κ3) is 4.09. The van der Waals surface area contributed by atoms with E-state index in [0.29, 0.717) is 22.0 Å². The van der Waals surface area contributed by atoms with Crippen molar-refractivity contribution in [3.63, 3.8) is 0 Å². The molecule has 1 aliphatic rings. The molecule has 6 heteroatoms. The van der Waals surface area contributed by atoms with E-state index in [4.69, 9.17) is 11.6 Å². The summed E-state index contributed by atoms with van der Waals surface area (Å²) in [6.07, 6.45) is 0. The van der Waals surface area contributed by atoms with E-state index in [0.717, 1.165) is 16.8 Å². The number of rotatable bonds is 4. The van der Waals surface area contributed by atoms with Gasteiger partial charge in [-0.25, -0.2) is 0 Å². The summed E-state index contributed by atoms with van der Waals surface area (Å²) in [5, 5.41) is 3.17. The number of carbonyl (C=O) groups excluding carboxylic acids is 2. The molecule has 1 heterocycles. The van der Waals surface area contributed by atoms with Crippen LogP contribution in [0.25, 0.3) is 0 Å². The molecule has 30 heavy (non-hydrogen) atoms. The molecule has 1 unspecified atom stereocenters. The minimum Gasteiger partial charge on any atom is -0.322 e. The summed E-state index contributed by atoms with van der Waals surface area (Å²) in [7, 11) is 0. The predicted octanol–water partition coefficient (Wildman–Crippen LogP) is 5.99. The van der Waals surface area contributed by atoms with Gasteiger partial charge in [0.05, 0.1) is 16.3 Å². The Kier molecular flexibility index (Phi) is 5.84. The summed E-state index contributed by atoms with van der Waals surface area (Å²) >= 11 is 7.72. The lowest BCUT2D eigenvalue weighted by Gasteiger charge is -2.25. The van der Waals surface area contributed by atoms with E-state index in [1.807, 2.05) is 48.2 Å². The molecule has 0 aromatic heterocycles. The number of thioether (sulfide) groups is 1. The molecule has 0 aliphatic carbocycles. The number of nitrogens with one attached hydrogen (secondary N) is 1. The van der Waals surface area contributed by atoms with Crippen LogP contribution < -0.4 is 10.2 Å². The topological polar surface area (TPSA) is 49.4 Å². The highest BCUT2D eigenvalue weighted by atomic mass is 35.5. The van der Waals surface area contributed by atoms with Gasteiger partial charge in [0.2, 0.25) is 5.91 Å². The number of nitrogens with zero attached hydrogens (tertiary/aromatic N) is 1. The minimum absolute atomic E-state index is 0.0822. The Hall–Kier alpha value is -2.76. The summed E-state index contributed by atoms with van der Waals surface area (Å²) in [5.41, 5.74) is 5.28. The maximum Gasteiger partial charge on any atom is 0.257 e. The maximum absolute atomic E-state index is 12.7. The Labute approximate surface area is 185 Å². The van der Waals surface area contributed by atoms with Crippen LogP contribution in [0.2, 0.25) is 5.02 Å². The van der Waals surface area contributed by atoms with Gasteiger partial charge in [-0.05, 0) is 66.9 Å². The lowest BCUT2D eigenvalue weighted by molar-refractivity contribution is -0.115. The molecule has 0 saturated carbocycles. The van der Waals surface area contributed by atoms with Gasteiger partial charge in [-0.1, -0.05) is 41.9 Å². The molecule has 2 amide bonds. The molecular weight excluding hydrogens is 416 g/mol. The van der Waals surface area contributed by atoms with Gasteiger partial charge in [-0.3, -0.25) is 14.5 Å². The van der Waals surface area contributed by atoms with Gasteiger partial charge in [-0.15, -0.1) is 11.8 Å². The number of anilines is 2. The molecule has 4 rings (SSSR count). The second-order valence-corrected chi connectivity index (χ2v) is 8.73. The van der Waals surface area contributed by atoms with Gasteiger partial charge >= 0.3 is 0 Å². The first-order valence-corrected chi connectivity index (χ1v) is 11.0. The van der Waals surface area contributed by atoms with Gasteiger partial charge < -0.3 is 5.32 Å². The number of amides is 2. The summed E-state index contributed by atoms with van der Waals surface area (Å²) in [6.45, 7) is 4.11. The molecule has 3 aromatic carbocycles. The summed E-state index contributed by atoms with van der Waals surface area (Å²) in [5.74, 6) is 0.242. The Morgan fingerprint density at radius 3 is 2.60 bits per heavy atom. The number of carbonyl (C=O) groups is 2. The summed E-state index contributed by atoms with van der Waals surface area (Å²) < 4.78 is 0. The third-order valence-electron chi connectivity index (χ3n) is 5.18. The Balaban J connectivity index is 1.61. The van der Waals surface area contributed by atoms with Crippen molar-refractivity contribution >= 4 is 46.6 Å². The molecule has 1 N–H and O–H groups in total. The van der Waals surface area contributed by atoms with Crippen LogP contribution in [0, 0.1) is 13.8 Å². The molecular formula is C24H21ClN2O2S. The first-order chi connectivity index (χ1) is 14.4. The number of hydrogen-bond donors (Lipinski definition) is 1. The lowest BCUT2D eigenvalue weighted by atomic mass is 10.1. The Morgan fingerprint density at radius 1 is 1.03 bits per heavy atom. The molecule has 1 saturated heterocycles. The van der Waals surface area contributed by atoms with Crippen LogP contribution in [0.3, 0.4) is 0 Å². The molecule has 1 atom stereocenters. The van der Waals surface area contributed by atoms with Crippen molar-refractivity contribution in [1.29, 1.82) is 0 Å². The first-order valence-electron chi connectivity index (χ1n) is 9.61. The van der Waals surface area contributed by atoms with Crippen LogP contribution in [-0.2, 0) is 4.79 Å². The molecule has 0 spiro atoms. The van der Waals surface area contributed by atoms with Crippen LogP contribution in [0.15, 0.2) is 66.7 Å². The van der Waals surface area contributed by atoms with Crippen molar-refractivity contribution in [1.82, 2.24) is 0 Å². The van der Waals surface area contributed by atoms with Crippen LogP contribution in [0.4, 0.5) is 11.4 Å². The molecule has 0 radical (unpaired) electrons. The number of hydrogen-bond acceptors (Lipinski definition) is 3. The van der Waals surface area contributed by atoms with E-state index in [1.165, 1.54) is 5.56 Å². The van der Waals surface area contributed by atoms with Crippen molar-refractivity contribution < 1.29 is 9.59 Å². The zero-order valence-electron chi connectivity index (χ0n) is 16.7. The minimum atomic E-state index is -0.265. The van der Waals surface area contributed by atoms with Crippen molar-refractivity contribution in [3.8, 4) is 0 Å². The predicted molar refractivity (Wildman–Crippen MR) is 124 cm³/mol. The third-order valence-corrected chi connectivity index (χ3v) is 6.73. The van der Waals surface area contributed by atoms with Gasteiger partial charge in [0.1, 0.15) is 5.37 Å². The average molecular weight is 437 g/mol. The van der Waals surface area contributed by atoms with E-state index < -0.39 is 0 Å². The van der Waals surface area contributed by atoms with Crippen LogP contribution >= 0.6 is 23.4 Å². The monoisotopic (exact) mass is 436 g/mol. The highest BCUT2D eigenvalue weighted by molar-refractivity contribution is 8.00. The van der Waals surface area contributed by atoms with Crippen molar-refractivity contribution in [2.24, 2.45) is 0 Å². The maximum atomic E-state index is 12.7. The second kappa shape index (κ2) is 8.54. The fourth-order valence-corrected chi connectivity index (χ4v) is 4.83. The smallest absolute Gasteiger partial charge is 0.257 e. The molecule has 0 bridgehead atoms. The average Bonchev–Trinajstić information content (AvgIpc) is 3.12. The zero-order valence-corrected chi connectivity index (χ0v) is 18.3. The Morgan fingerprint density at radius 2 is 1.83 bits per heavy atom. The highest BCUT2D eigenvalue weighted by Crippen LogP contribution is 2.42. The van der Waals surface area contributed by atoms with Crippen LogP contribution in [0.1, 0.15) is 32.4 Å². The molecule has 152 valence electrons. The second-order valence-electron chi connectivity index (χ2n) is 7.26. The van der Waals surface area contributed by atoms with Crippen LogP contribution in [-0.4, -0.2) is 17.6 Å². The van der Waals surface area contributed by atoms with Gasteiger partial charge in [-0.2, -0.15) is 0 Å². The van der Waals surface area contributed by atoms with Crippen LogP contribution in [0.5, 0.6) is 0 Å². The molecule has 3 aromatic rings. The van der Waals surface area contributed by atoms with E-state index in [2.05, 4.69) is 18.3 Å². The van der Waals surface area contributed by atoms with E-state index in [9.17, 15) is 9.59 Å². The standard InChI is InChI=1S/C24H21ClN2O2S/c1-15-10-11-19(12-16(15)2)27-22(28)14-30-24(27)17-6-5-7-18(13-17)26-23(29)20-8-3-4-9-21(20)25/h3-13,24H,14H2,1-2H3,(H,26,29). The quantitative estimate of drug-likeness (QED) is 0.546. The zero-order chi connectivity index (χ0) is 21.3. The van der Waals surface area contributed by atoms with Gasteiger partial charge in [0, 0.05) is 11.4 Å². The lowest BCUT2D eigenvalue weighted by Crippen LogP contribution is -2.28. The molecule has 1 fully saturated rings. The fraction of sp³-hybridized carbons (Fsp3) is 0.167. The van der Waals surface area contributed by atoms with Gasteiger partial charge in [0.15, 0.2) is 0 Å². The fourth-order valence-electron chi connectivity index (χ4n) is 3.44. The van der Waals surface area contributed by atoms with Crippen molar-refractivity contribution in [2.45, 2.75) is 19.2 Å². The number of aryl methyl sites for hydroxylation is 2. The normalized spacial score (nSPS) is 16.0. The Bertz CT molecular complexity index is 1130. The number of halogens is 1.